The van der Waals surface area contributed by atoms with E-state index in [9.17, 15) is 9.18 Å². The fourth-order valence-electron chi connectivity index (χ4n) is 4.00. The second-order valence-electron chi connectivity index (χ2n) is 8.22. The molecular weight excluding hydrogens is 420 g/mol. The summed E-state index contributed by atoms with van der Waals surface area (Å²) in [5.41, 5.74) is 10.9. The second kappa shape index (κ2) is 8.83. The molecule has 1 saturated carbocycles. The molecule has 32 heavy (non-hydrogen) atoms. The van der Waals surface area contributed by atoms with Crippen molar-refractivity contribution < 1.29 is 18.3 Å². The Labute approximate surface area is 184 Å². The predicted molar refractivity (Wildman–Crippen MR) is 117 cm³/mol. The van der Waals surface area contributed by atoms with Gasteiger partial charge >= 0.3 is 0 Å². The second-order valence-corrected chi connectivity index (χ2v) is 8.22. The van der Waals surface area contributed by atoms with Crippen molar-refractivity contribution in [3.8, 4) is 0 Å². The molecule has 2 aromatic rings. The Bertz CT molecular complexity index is 1010. The van der Waals surface area contributed by atoms with Crippen LogP contribution in [0.25, 0.3) is 0 Å². The monoisotopic (exact) mass is 447 g/mol. The number of rotatable bonds is 7. The van der Waals surface area contributed by atoms with Gasteiger partial charge in [-0.2, -0.15) is 0 Å². The summed E-state index contributed by atoms with van der Waals surface area (Å²) in [6.45, 7) is 3.80. The van der Waals surface area contributed by atoms with Crippen LogP contribution in [0, 0.1) is 11.6 Å². The van der Waals surface area contributed by atoms with E-state index >= 15 is 4.39 Å². The van der Waals surface area contributed by atoms with Gasteiger partial charge < -0.3 is 31.7 Å². The summed E-state index contributed by atoms with van der Waals surface area (Å²) in [6.07, 6.45) is 3.96. The SMILES string of the molecule is C[C@H](N)C1(Nc2nc(Nc3ccnc(N4CCOCC4)c3F)c(C(N)=O)cc2F)CCC1. The average Bonchev–Trinajstić information content (AvgIpc) is 2.74. The molecule has 6 N–H and O–H groups in total. The summed E-state index contributed by atoms with van der Waals surface area (Å²) in [6, 6.07) is 2.17. The molecule has 2 fully saturated rings. The van der Waals surface area contributed by atoms with Gasteiger partial charge in [0.1, 0.15) is 5.82 Å². The van der Waals surface area contributed by atoms with E-state index in [4.69, 9.17) is 16.2 Å². The van der Waals surface area contributed by atoms with Crippen LogP contribution in [0.1, 0.15) is 36.5 Å². The van der Waals surface area contributed by atoms with Crippen molar-refractivity contribution >= 4 is 29.0 Å². The van der Waals surface area contributed by atoms with E-state index in [2.05, 4.69) is 20.6 Å². The van der Waals surface area contributed by atoms with Crippen LogP contribution in [-0.2, 0) is 4.74 Å². The van der Waals surface area contributed by atoms with Gasteiger partial charge in [-0.15, -0.1) is 0 Å². The lowest BCUT2D eigenvalue weighted by Crippen LogP contribution is -2.57. The molecule has 0 bridgehead atoms. The molecular formula is C21H27F2N7O2. The van der Waals surface area contributed by atoms with Gasteiger partial charge in [0, 0.05) is 25.3 Å². The first-order valence-electron chi connectivity index (χ1n) is 10.6. The zero-order valence-corrected chi connectivity index (χ0v) is 17.8. The Morgan fingerprint density at radius 3 is 2.59 bits per heavy atom. The minimum atomic E-state index is -0.890. The smallest absolute Gasteiger partial charge is 0.252 e. The number of anilines is 4. The summed E-state index contributed by atoms with van der Waals surface area (Å²) in [4.78, 5) is 22.1. The van der Waals surface area contributed by atoms with Gasteiger partial charge in [-0.3, -0.25) is 4.79 Å². The van der Waals surface area contributed by atoms with Gasteiger partial charge in [-0.05, 0) is 38.3 Å². The number of aromatic nitrogens is 2. The normalized spacial score (nSPS) is 18.6. The molecule has 1 atom stereocenters. The summed E-state index contributed by atoms with van der Waals surface area (Å²) >= 11 is 0. The molecule has 0 spiro atoms. The van der Waals surface area contributed by atoms with Crippen molar-refractivity contribution in [1.29, 1.82) is 0 Å². The number of carbonyl (C=O) groups excluding carboxylic acids is 1. The molecule has 3 heterocycles. The molecule has 1 amide bonds. The lowest BCUT2D eigenvalue weighted by molar-refractivity contribution is 0.100. The Balaban J connectivity index is 1.68. The quantitative estimate of drug-likeness (QED) is 0.508. The third kappa shape index (κ3) is 4.17. The Kier molecular flexibility index (Phi) is 6.11. The van der Waals surface area contributed by atoms with Crippen LogP contribution < -0.4 is 27.0 Å². The maximum absolute atomic E-state index is 15.2. The summed E-state index contributed by atoms with van der Waals surface area (Å²) in [5.74, 6) is -2.21. The lowest BCUT2D eigenvalue weighted by Gasteiger charge is -2.46. The third-order valence-corrected chi connectivity index (χ3v) is 6.16. The molecule has 11 heteroatoms. The number of hydrogen-bond acceptors (Lipinski definition) is 8. The van der Waals surface area contributed by atoms with Gasteiger partial charge in [-0.1, -0.05) is 0 Å². The van der Waals surface area contributed by atoms with Crippen LogP contribution in [0.4, 0.5) is 31.9 Å². The fraction of sp³-hybridized carbons (Fsp3) is 0.476. The molecule has 0 unspecified atom stereocenters. The van der Waals surface area contributed by atoms with Crippen LogP contribution >= 0.6 is 0 Å². The van der Waals surface area contributed by atoms with E-state index in [1.54, 1.807) is 4.90 Å². The minimum absolute atomic E-state index is 0.0413. The van der Waals surface area contributed by atoms with E-state index in [1.165, 1.54) is 12.3 Å². The van der Waals surface area contributed by atoms with Gasteiger partial charge in [0.05, 0.1) is 30.0 Å². The van der Waals surface area contributed by atoms with Crippen LogP contribution in [0.15, 0.2) is 18.3 Å². The molecule has 172 valence electrons. The zero-order valence-electron chi connectivity index (χ0n) is 17.8. The highest BCUT2D eigenvalue weighted by molar-refractivity contribution is 5.98. The van der Waals surface area contributed by atoms with E-state index in [1.807, 2.05) is 6.92 Å². The van der Waals surface area contributed by atoms with E-state index in [-0.39, 0.29) is 34.7 Å². The fourth-order valence-corrected chi connectivity index (χ4v) is 4.00. The van der Waals surface area contributed by atoms with Crippen molar-refractivity contribution in [1.82, 2.24) is 9.97 Å². The molecule has 2 aromatic heterocycles. The lowest BCUT2D eigenvalue weighted by atomic mass is 9.72. The number of nitrogens with one attached hydrogen (secondary N) is 2. The molecule has 9 nitrogen and oxygen atoms in total. The topological polar surface area (TPSA) is 131 Å². The maximum Gasteiger partial charge on any atom is 0.252 e. The number of ether oxygens (including phenoxy) is 1. The third-order valence-electron chi connectivity index (χ3n) is 6.16. The molecule has 1 aliphatic heterocycles. The molecule has 1 aliphatic carbocycles. The first kappa shape index (κ1) is 22.2. The first-order chi connectivity index (χ1) is 15.3. The van der Waals surface area contributed by atoms with Gasteiger partial charge in [0.2, 0.25) is 0 Å². The summed E-state index contributed by atoms with van der Waals surface area (Å²) in [7, 11) is 0. The Morgan fingerprint density at radius 1 is 1.28 bits per heavy atom. The Hall–Kier alpha value is -3.05. The highest BCUT2D eigenvalue weighted by Crippen LogP contribution is 2.38. The van der Waals surface area contributed by atoms with Crippen molar-refractivity contribution in [2.75, 3.05) is 41.8 Å². The molecule has 0 radical (unpaired) electrons. The van der Waals surface area contributed by atoms with Gasteiger partial charge in [0.15, 0.2) is 23.3 Å². The number of pyridine rings is 2. The van der Waals surface area contributed by atoms with Crippen molar-refractivity contribution in [3.63, 3.8) is 0 Å². The molecule has 1 saturated heterocycles. The largest absolute Gasteiger partial charge is 0.378 e. The number of morpholine rings is 1. The Morgan fingerprint density at radius 2 is 2.00 bits per heavy atom. The van der Waals surface area contributed by atoms with Crippen LogP contribution in [0.3, 0.4) is 0 Å². The standard InChI is InChI=1S/C21H27F2N7O2/c1-12(24)21(4-2-5-21)29-19-14(22)11-13(17(25)31)18(28-19)27-15-3-6-26-20(16(15)23)30-7-9-32-10-8-30/h3,6,11-12H,2,4-5,7-10,24H2,1H3,(H2,25,31)(H2,26,27,28,29)/t12-/m0/s1. The molecule has 0 aromatic carbocycles. The number of nitrogens with zero attached hydrogens (tertiary/aromatic N) is 3. The highest BCUT2D eigenvalue weighted by atomic mass is 19.1. The van der Waals surface area contributed by atoms with E-state index in [0.717, 1.165) is 25.3 Å². The van der Waals surface area contributed by atoms with Crippen molar-refractivity contribution in [3.05, 3.63) is 35.5 Å². The van der Waals surface area contributed by atoms with E-state index in [0.29, 0.717) is 26.3 Å². The molecule has 4 rings (SSSR count). The van der Waals surface area contributed by atoms with Crippen molar-refractivity contribution in [2.45, 2.75) is 37.8 Å². The first-order valence-corrected chi connectivity index (χ1v) is 10.6. The van der Waals surface area contributed by atoms with E-state index < -0.39 is 23.1 Å². The number of nitrogens with two attached hydrogens (primary N) is 2. The van der Waals surface area contributed by atoms with Crippen LogP contribution in [0.2, 0.25) is 0 Å². The van der Waals surface area contributed by atoms with Gasteiger partial charge in [-0.25, -0.2) is 18.7 Å². The maximum atomic E-state index is 15.2. The number of halogens is 2. The number of primary amides is 1. The molecule has 2 aliphatic rings. The highest BCUT2D eigenvalue weighted by Gasteiger charge is 2.41. The average molecular weight is 447 g/mol. The number of amides is 1. The van der Waals surface area contributed by atoms with Crippen molar-refractivity contribution in [2.24, 2.45) is 11.5 Å². The van der Waals surface area contributed by atoms with Gasteiger partial charge in [0.25, 0.3) is 5.91 Å². The predicted octanol–water partition coefficient (Wildman–Crippen LogP) is 2.12. The zero-order chi connectivity index (χ0) is 22.9. The van der Waals surface area contributed by atoms with Crippen LogP contribution in [0.5, 0.6) is 0 Å². The summed E-state index contributed by atoms with van der Waals surface area (Å²) < 4.78 is 35.3. The minimum Gasteiger partial charge on any atom is -0.378 e. The van der Waals surface area contributed by atoms with Crippen LogP contribution in [-0.4, -0.2) is 53.8 Å². The number of carbonyl (C=O) groups is 1. The summed E-state index contributed by atoms with van der Waals surface area (Å²) in [5, 5.41) is 5.90. The number of hydrogen-bond donors (Lipinski definition) is 4.